The fraction of sp³-hybridized carbons (Fsp3) is 0.467. The SMILES string of the molecule is CC(=O)OC[C@H]1OC=C(/C=C/C#N)[C@@H](OC(C)=O)[C@@H]1OC(C)=O. The molecule has 1 rings (SSSR count). The fourth-order valence-corrected chi connectivity index (χ4v) is 1.94. The Bertz CT molecular complexity index is 573. The molecule has 0 saturated carbocycles. The minimum atomic E-state index is -1.01. The van der Waals surface area contributed by atoms with Gasteiger partial charge in [0.25, 0.3) is 0 Å². The Kier molecular flexibility index (Phi) is 6.80. The summed E-state index contributed by atoms with van der Waals surface area (Å²) in [5.74, 6) is -1.75. The summed E-state index contributed by atoms with van der Waals surface area (Å²) in [6.07, 6.45) is 0.991. The van der Waals surface area contributed by atoms with E-state index >= 15 is 0 Å². The van der Waals surface area contributed by atoms with Gasteiger partial charge < -0.3 is 18.9 Å². The normalized spacial score (nSPS) is 23.2. The van der Waals surface area contributed by atoms with Gasteiger partial charge in [-0.2, -0.15) is 5.26 Å². The fourth-order valence-electron chi connectivity index (χ4n) is 1.94. The summed E-state index contributed by atoms with van der Waals surface area (Å²) >= 11 is 0. The lowest BCUT2D eigenvalue weighted by Crippen LogP contribution is -2.49. The number of nitriles is 1. The Labute approximate surface area is 133 Å². The van der Waals surface area contributed by atoms with Crippen molar-refractivity contribution in [2.75, 3.05) is 6.61 Å². The van der Waals surface area contributed by atoms with Crippen LogP contribution in [-0.2, 0) is 33.3 Å². The molecule has 124 valence electrons. The number of ether oxygens (including phenoxy) is 4. The van der Waals surface area contributed by atoms with E-state index < -0.39 is 36.2 Å². The molecule has 0 unspecified atom stereocenters. The van der Waals surface area contributed by atoms with Crippen LogP contribution >= 0.6 is 0 Å². The van der Waals surface area contributed by atoms with E-state index in [2.05, 4.69) is 0 Å². The molecule has 0 spiro atoms. The first kappa shape index (κ1) is 18.2. The summed E-state index contributed by atoms with van der Waals surface area (Å²) in [6.45, 7) is 3.44. The molecule has 0 aromatic heterocycles. The molecule has 0 aliphatic carbocycles. The van der Waals surface area contributed by atoms with Crippen molar-refractivity contribution >= 4 is 17.9 Å². The molecule has 0 amide bonds. The lowest BCUT2D eigenvalue weighted by Gasteiger charge is -2.35. The van der Waals surface area contributed by atoms with E-state index in [-0.39, 0.29) is 6.61 Å². The van der Waals surface area contributed by atoms with E-state index in [4.69, 9.17) is 24.2 Å². The predicted molar refractivity (Wildman–Crippen MR) is 75.5 cm³/mol. The van der Waals surface area contributed by atoms with Crippen LogP contribution in [0.15, 0.2) is 24.0 Å². The van der Waals surface area contributed by atoms with Crippen LogP contribution in [0.2, 0.25) is 0 Å². The summed E-state index contributed by atoms with van der Waals surface area (Å²) in [7, 11) is 0. The number of esters is 3. The van der Waals surface area contributed by atoms with E-state index in [1.54, 1.807) is 6.07 Å². The molecule has 0 N–H and O–H groups in total. The molecule has 8 nitrogen and oxygen atoms in total. The van der Waals surface area contributed by atoms with E-state index in [0.717, 1.165) is 0 Å². The topological polar surface area (TPSA) is 112 Å². The van der Waals surface area contributed by atoms with Crippen molar-refractivity contribution in [3.05, 3.63) is 24.0 Å². The van der Waals surface area contributed by atoms with Gasteiger partial charge in [0.05, 0.1) is 12.3 Å². The quantitative estimate of drug-likeness (QED) is 0.414. The molecule has 23 heavy (non-hydrogen) atoms. The highest BCUT2D eigenvalue weighted by atomic mass is 16.6. The zero-order valence-corrected chi connectivity index (χ0v) is 13.0. The van der Waals surface area contributed by atoms with Gasteiger partial charge in [0.1, 0.15) is 6.61 Å². The average Bonchev–Trinajstić information content (AvgIpc) is 2.45. The van der Waals surface area contributed by atoms with Gasteiger partial charge in [0.2, 0.25) is 0 Å². The minimum Gasteiger partial charge on any atom is -0.490 e. The smallest absolute Gasteiger partial charge is 0.303 e. The molecule has 0 aromatic rings. The van der Waals surface area contributed by atoms with Crippen LogP contribution in [0.3, 0.4) is 0 Å². The summed E-state index contributed by atoms with van der Waals surface area (Å²) in [5.41, 5.74) is 0.340. The third-order valence-electron chi connectivity index (χ3n) is 2.77. The van der Waals surface area contributed by atoms with Gasteiger partial charge in [-0.3, -0.25) is 14.4 Å². The number of hydrogen-bond donors (Lipinski definition) is 0. The zero-order valence-electron chi connectivity index (χ0n) is 13.0. The highest BCUT2D eigenvalue weighted by molar-refractivity contribution is 5.68. The number of hydrogen-bond acceptors (Lipinski definition) is 8. The van der Waals surface area contributed by atoms with Crippen LogP contribution < -0.4 is 0 Å². The molecule has 3 atom stereocenters. The van der Waals surface area contributed by atoms with Gasteiger partial charge in [-0.25, -0.2) is 0 Å². The summed E-state index contributed by atoms with van der Waals surface area (Å²) in [5, 5.41) is 8.62. The van der Waals surface area contributed by atoms with Crippen molar-refractivity contribution in [3.63, 3.8) is 0 Å². The maximum absolute atomic E-state index is 11.3. The molecule has 0 bridgehead atoms. The van der Waals surface area contributed by atoms with Gasteiger partial charge in [-0.15, -0.1) is 0 Å². The van der Waals surface area contributed by atoms with E-state index in [0.29, 0.717) is 5.57 Å². The van der Waals surface area contributed by atoms with E-state index in [9.17, 15) is 14.4 Å². The maximum Gasteiger partial charge on any atom is 0.303 e. The molecule has 0 saturated heterocycles. The summed E-state index contributed by atoms with van der Waals surface area (Å²) < 4.78 is 20.6. The largest absolute Gasteiger partial charge is 0.490 e. The first-order valence-electron chi connectivity index (χ1n) is 6.74. The third-order valence-corrected chi connectivity index (χ3v) is 2.77. The third kappa shape index (κ3) is 5.82. The van der Waals surface area contributed by atoms with Crippen molar-refractivity contribution in [3.8, 4) is 6.07 Å². The second kappa shape index (κ2) is 8.58. The monoisotopic (exact) mass is 323 g/mol. The van der Waals surface area contributed by atoms with Crippen LogP contribution in [-0.4, -0.2) is 42.8 Å². The lowest BCUT2D eigenvalue weighted by molar-refractivity contribution is -0.180. The molecule has 8 heteroatoms. The van der Waals surface area contributed by atoms with Crippen molar-refractivity contribution in [2.24, 2.45) is 0 Å². The molecule has 1 heterocycles. The van der Waals surface area contributed by atoms with Gasteiger partial charge in [-0.05, 0) is 6.08 Å². The molecule has 0 radical (unpaired) electrons. The number of rotatable bonds is 5. The second-order valence-corrected chi connectivity index (χ2v) is 4.66. The Morgan fingerprint density at radius 3 is 2.39 bits per heavy atom. The van der Waals surface area contributed by atoms with E-state index in [1.165, 1.54) is 39.2 Å². The van der Waals surface area contributed by atoms with Crippen molar-refractivity contribution < 1.29 is 33.3 Å². The number of allylic oxidation sites excluding steroid dienone is 1. The first-order valence-corrected chi connectivity index (χ1v) is 6.74. The zero-order chi connectivity index (χ0) is 17.4. The van der Waals surface area contributed by atoms with Crippen LogP contribution in [0, 0.1) is 11.3 Å². The standard InChI is InChI=1S/C15H17NO7/c1-9(17)20-8-13-15(23-11(3)19)14(22-10(2)18)12(7-21-13)5-4-6-16/h4-5,7,13-15H,8H2,1-3H3/b5-4+/t13-,14-,15-/m1/s1. The van der Waals surface area contributed by atoms with Crippen molar-refractivity contribution in [1.29, 1.82) is 5.26 Å². The molecular weight excluding hydrogens is 306 g/mol. The van der Waals surface area contributed by atoms with E-state index in [1.807, 2.05) is 0 Å². The van der Waals surface area contributed by atoms with Crippen LogP contribution in [0.4, 0.5) is 0 Å². The lowest BCUT2D eigenvalue weighted by atomic mass is 9.98. The number of carbonyl (C=O) groups is 3. The Balaban J connectivity index is 3.10. The highest BCUT2D eigenvalue weighted by Gasteiger charge is 2.41. The Morgan fingerprint density at radius 2 is 1.87 bits per heavy atom. The first-order chi connectivity index (χ1) is 10.8. The van der Waals surface area contributed by atoms with Crippen LogP contribution in [0.5, 0.6) is 0 Å². The molecular formula is C15H17NO7. The van der Waals surface area contributed by atoms with Gasteiger partial charge >= 0.3 is 17.9 Å². The highest BCUT2D eigenvalue weighted by Crippen LogP contribution is 2.26. The molecule has 0 fully saturated rings. The summed E-state index contributed by atoms with van der Waals surface area (Å²) in [4.78, 5) is 33.6. The number of nitrogens with zero attached hydrogens (tertiary/aromatic N) is 1. The van der Waals surface area contributed by atoms with Crippen molar-refractivity contribution in [2.45, 2.75) is 39.1 Å². The summed E-state index contributed by atoms with van der Waals surface area (Å²) in [6, 6.07) is 1.80. The Hall–Kier alpha value is -2.82. The maximum atomic E-state index is 11.3. The van der Waals surface area contributed by atoms with Crippen molar-refractivity contribution in [1.82, 2.24) is 0 Å². The minimum absolute atomic E-state index is 0.184. The van der Waals surface area contributed by atoms with Gasteiger partial charge in [-0.1, -0.05) is 0 Å². The van der Waals surface area contributed by atoms with Gasteiger partial charge in [0.15, 0.2) is 18.3 Å². The van der Waals surface area contributed by atoms with Gasteiger partial charge in [0, 0.05) is 32.4 Å². The molecule has 1 aliphatic rings. The predicted octanol–water partition coefficient (Wildman–Crippen LogP) is 0.775. The molecule has 0 aromatic carbocycles. The second-order valence-electron chi connectivity index (χ2n) is 4.66. The number of carbonyl (C=O) groups excluding carboxylic acids is 3. The van der Waals surface area contributed by atoms with Crippen LogP contribution in [0.1, 0.15) is 20.8 Å². The average molecular weight is 323 g/mol. The molecule has 1 aliphatic heterocycles. The Morgan fingerprint density at radius 1 is 1.22 bits per heavy atom. The van der Waals surface area contributed by atoms with Crippen LogP contribution in [0.25, 0.3) is 0 Å².